The fraction of sp³-hybridized carbons (Fsp3) is 0.556. The molecule has 22 heavy (non-hydrogen) atoms. The number of hydrogen-bond donors (Lipinski definition) is 1. The van der Waals surface area contributed by atoms with Gasteiger partial charge in [-0.05, 0) is 18.9 Å². The van der Waals surface area contributed by atoms with Gasteiger partial charge in [-0.25, -0.2) is 0 Å². The van der Waals surface area contributed by atoms with E-state index in [9.17, 15) is 9.59 Å². The van der Waals surface area contributed by atoms with E-state index in [4.69, 9.17) is 0 Å². The fourth-order valence-electron chi connectivity index (χ4n) is 2.19. The molecule has 122 valence electrons. The molecule has 0 saturated heterocycles. The lowest BCUT2D eigenvalue weighted by atomic mass is 10.1. The highest BCUT2D eigenvalue weighted by atomic mass is 16.2. The molecule has 4 nitrogen and oxygen atoms in total. The molecule has 4 heteroatoms. The Bertz CT molecular complexity index is 468. The summed E-state index contributed by atoms with van der Waals surface area (Å²) in [5.41, 5.74) is 2.29. The number of unbranched alkanes of at least 4 members (excludes halogenated alkanes) is 2. The van der Waals surface area contributed by atoms with E-state index < -0.39 is 0 Å². The molecule has 1 aromatic rings. The van der Waals surface area contributed by atoms with Crippen LogP contribution < -0.4 is 5.32 Å². The minimum Gasteiger partial charge on any atom is -0.356 e. The molecule has 0 aliphatic heterocycles. The standard InChI is InChI=1S/C18H28N2O2/c1-4-5-6-12-19-18(22)11-13-20(16(3)21)14-17-9-7-15(2)8-10-17/h7-10H,4-6,11-14H2,1-3H3,(H,19,22). The zero-order chi connectivity index (χ0) is 16.4. The van der Waals surface area contributed by atoms with Crippen LogP contribution in [0.5, 0.6) is 0 Å². The molecule has 0 unspecified atom stereocenters. The van der Waals surface area contributed by atoms with Crippen LogP contribution in [0.15, 0.2) is 24.3 Å². The summed E-state index contributed by atoms with van der Waals surface area (Å²) in [6, 6.07) is 8.12. The van der Waals surface area contributed by atoms with Crippen LogP contribution in [-0.2, 0) is 16.1 Å². The summed E-state index contributed by atoms with van der Waals surface area (Å²) in [6.07, 6.45) is 3.65. The number of amides is 2. The van der Waals surface area contributed by atoms with E-state index in [1.165, 1.54) is 5.56 Å². The van der Waals surface area contributed by atoms with Crippen LogP contribution in [0, 0.1) is 6.92 Å². The molecule has 1 aromatic carbocycles. The number of hydrogen-bond acceptors (Lipinski definition) is 2. The second-order valence-corrected chi connectivity index (χ2v) is 5.73. The molecule has 0 atom stereocenters. The van der Waals surface area contributed by atoms with Crippen LogP contribution in [0.2, 0.25) is 0 Å². The molecule has 0 bridgehead atoms. The van der Waals surface area contributed by atoms with Crippen molar-refractivity contribution in [3.8, 4) is 0 Å². The molecule has 0 radical (unpaired) electrons. The van der Waals surface area contributed by atoms with Gasteiger partial charge in [-0.2, -0.15) is 0 Å². The normalized spacial score (nSPS) is 10.3. The van der Waals surface area contributed by atoms with Gasteiger partial charge in [0.15, 0.2) is 0 Å². The largest absolute Gasteiger partial charge is 0.356 e. The Morgan fingerprint density at radius 2 is 1.82 bits per heavy atom. The number of nitrogens with one attached hydrogen (secondary N) is 1. The van der Waals surface area contributed by atoms with E-state index in [0.717, 1.165) is 31.4 Å². The van der Waals surface area contributed by atoms with Gasteiger partial charge < -0.3 is 10.2 Å². The topological polar surface area (TPSA) is 49.4 Å². The Balaban J connectivity index is 2.39. The average Bonchev–Trinajstić information content (AvgIpc) is 2.49. The Labute approximate surface area is 133 Å². The quantitative estimate of drug-likeness (QED) is 0.713. The number of aryl methyl sites for hydroxylation is 1. The molecule has 0 saturated carbocycles. The Morgan fingerprint density at radius 3 is 2.41 bits per heavy atom. The first-order valence-corrected chi connectivity index (χ1v) is 8.10. The monoisotopic (exact) mass is 304 g/mol. The summed E-state index contributed by atoms with van der Waals surface area (Å²) in [4.78, 5) is 25.2. The summed E-state index contributed by atoms with van der Waals surface area (Å²) in [7, 11) is 0. The van der Waals surface area contributed by atoms with Gasteiger partial charge in [-0.15, -0.1) is 0 Å². The number of benzene rings is 1. The first-order chi connectivity index (χ1) is 10.5. The molecule has 0 aromatic heterocycles. The van der Waals surface area contributed by atoms with Crippen LogP contribution in [0.4, 0.5) is 0 Å². The van der Waals surface area contributed by atoms with Crippen molar-refractivity contribution in [2.45, 2.75) is 53.0 Å². The van der Waals surface area contributed by atoms with Crippen LogP contribution in [0.1, 0.15) is 50.7 Å². The molecule has 0 aliphatic carbocycles. The van der Waals surface area contributed by atoms with Crippen LogP contribution in [0.25, 0.3) is 0 Å². The highest BCUT2D eigenvalue weighted by Gasteiger charge is 2.11. The Hall–Kier alpha value is -1.84. The van der Waals surface area contributed by atoms with E-state index in [1.807, 2.05) is 31.2 Å². The van der Waals surface area contributed by atoms with Crippen LogP contribution in [-0.4, -0.2) is 29.8 Å². The minimum absolute atomic E-state index is 0.000594. The van der Waals surface area contributed by atoms with Gasteiger partial charge >= 0.3 is 0 Å². The predicted octanol–water partition coefficient (Wildman–Crippen LogP) is 3.04. The van der Waals surface area contributed by atoms with Gasteiger partial charge in [0.2, 0.25) is 11.8 Å². The summed E-state index contributed by atoms with van der Waals surface area (Å²) >= 11 is 0. The van der Waals surface area contributed by atoms with Crippen molar-refractivity contribution in [2.75, 3.05) is 13.1 Å². The second kappa shape index (κ2) is 9.98. The van der Waals surface area contributed by atoms with E-state index in [1.54, 1.807) is 11.8 Å². The van der Waals surface area contributed by atoms with Crippen molar-refractivity contribution in [2.24, 2.45) is 0 Å². The molecule has 2 amide bonds. The van der Waals surface area contributed by atoms with Crippen molar-refractivity contribution < 1.29 is 9.59 Å². The summed E-state index contributed by atoms with van der Waals surface area (Å²) in [6.45, 7) is 7.46. The third kappa shape index (κ3) is 7.25. The summed E-state index contributed by atoms with van der Waals surface area (Å²) in [5, 5.41) is 2.91. The molecule has 0 fully saturated rings. The fourth-order valence-corrected chi connectivity index (χ4v) is 2.19. The van der Waals surface area contributed by atoms with Gasteiger partial charge in [0.05, 0.1) is 0 Å². The molecule has 1 rings (SSSR count). The molecular weight excluding hydrogens is 276 g/mol. The second-order valence-electron chi connectivity index (χ2n) is 5.73. The van der Waals surface area contributed by atoms with Crippen molar-refractivity contribution in [3.05, 3.63) is 35.4 Å². The van der Waals surface area contributed by atoms with E-state index in [0.29, 0.717) is 19.5 Å². The summed E-state index contributed by atoms with van der Waals surface area (Å²) in [5.74, 6) is 0.0191. The molecule has 0 heterocycles. The molecular formula is C18H28N2O2. The Morgan fingerprint density at radius 1 is 1.14 bits per heavy atom. The smallest absolute Gasteiger partial charge is 0.221 e. The van der Waals surface area contributed by atoms with Crippen molar-refractivity contribution in [1.29, 1.82) is 0 Å². The highest BCUT2D eigenvalue weighted by Crippen LogP contribution is 2.08. The third-order valence-corrected chi connectivity index (χ3v) is 3.65. The number of carbonyl (C=O) groups excluding carboxylic acids is 2. The number of carbonyl (C=O) groups is 2. The maximum Gasteiger partial charge on any atom is 0.221 e. The van der Waals surface area contributed by atoms with Crippen molar-refractivity contribution >= 4 is 11.8 Å². The van der Waals surface area contributed by atoms with E-state index in [-0.39, 0.29) is 11.8 Å². The highest BCUT2D eigenvalue weighted by molar-refractivity contribution is 5.78. The van der Waals surface area contributed by atoms with Crippen LogP contribution in [0.3, 0.4) is 0 Å². The van der Waals surface area contributed by atoms with Crippen molar-refractivity contribution in [3.63, 3.8) is 0 Å². The zero-order valence-electron chi connectivity index (χ0n) is 14.0. The maximum absolute atomic E-state index is 11.8. The van der Waals surface area contributed by atoms with E-state index >= 15 is 0 Å². The molecule has 0 spiro atoms. The zero-order valence-corrected chi connectivity index (χ0v) is 14.0. The molecule has 0 aliphatic rings. The first-order valence-electron chi connectivity index (χ1n) is 8.10. The maximum atomic E-state index is 11.8. The minimum atomic E-state index is -0.000594. The van der Waals surface area contributed by atoms with E-state index in [2.05, 4.69) is 12.2 Å². The average molecular weight is 304 g/mol. The third-order valence-electron chi connectivity index (χ3n) is 3.65. The van der Waals surface area contributed by atoms with Gasteiger partial charge in [-0.3, -0.25) is 9.59 Å². The summed E-state index contributed by atoms with van der Waals surface area (Å²) < 4.78 is 0. The van der Waals surface area contributed by atoms with Crippen LogP contribution >= 0.6 is 0 Å². The number of rotatable bonds is 9. The van der Waals surface area contributed by atoms with Gasteiger partial charge in [-0.1, -0.05) is 49.6 Å². The molecule has 1 N–H and O–H groups in total. The van der Waals surface area contributed by atoms with Gasteiger partial charge in [0.1, 0.15) is 0 Å². The lowest BCUT2D eigenvalue weighted by Crippen LogP contribution is -2.33. The van der Waals surface area contributed by atoms with Gasteiger partial charge in [0, 0.05) is 33.0 Å². The lowest BCUT2D eigenvalue weighted by molar-refractivity contribution is -0.130. The first kappa shape index (κ1) is 18.2. The Kier molecular flexibility index (Phi) is 8.26. The lowest BCUT2D eigenvalue weighted by Gasteiger charge is -2.21. The predicted molar refractivity (Wildman–Crippen MR) is 89.4 cm³/mol. The van der Waals surface area contributed by atoms with Gasteiger partial charge in [0.25, 0.3) is 0 Å². The van der Waals surface area contributed by atoms with Crippen molar-refractivity contribution in [1.82, 2.24) is 10.2 Å². The number of nitrogens with zero attached hydrogens (tertiary/aromatic N) is 1. The SMILES string of the molecule is CCCCCNC(=O)CCN(Cc1ccc(C)cc1)C(C)=O.